The number of rotatable bonds is 3. The SMILES string of the molecule is CC1(C)C2CCC1(C)C(OC(=O)c1ncccc1C(=O)O)C2. The lowest BCUT2D eigenvalue weighted by Crippen LogP contribution is -2.38. The molecule has 0 aromatic carbocycles. The third-order valence-corrected chi connectivity index (χ3v) is 6.19. The van der Waals surface area contributed by atoms with E-state index in [1.165, 1.54) is 24.8 Å². The van der Waals surface area contributed by atoms with Crippen molar-refractivity contribution in [3.05, 3.63) is 29.6 Å². The Morgan fingerprint density at radius 2 is 2.09 bits per heavy atom. The van der Waals surface area contributed by atoms with E-state index in [1.54, 1.807) is 0 Å². The Morgan fingerprint density at radius 1 is 1.36 bits per heavy atom. The third-order valence-electron chi connectivity index (χ3n) is 6.19. The number of fused-ring (bicyclic) bond motifs is 2. The molecule has 2 saturated carbocycles. The minimum Gasteiger partial charge on any atom is -0.478 e. The molecule has 2 bridgehead atoms. The number of carboxylic acid groups (broad SMARTS) is 1. The van der Waals surface area contributed by atoms with Crippen molar-refractivity contribution < 1.29 is 19.4 Å². The van der Waals surface area contributed by atoms with Crippen LogP contribution in [0.2, 0.25) is 0 Å². The van der Waals surface area contributed by atoms with Crippen LogP contribution >= 0.6 is 0 Å². The van der Waals surface area contributed by atoms with Gasteiger partial charge in [0.2, 0.25) is 0 Å². The van der Waals surface area contributed by atoms with Crippen LogP contribution in [0.5, 0.6) is 0 Å². The van der Waals surface area contributed by atoms with E-state index in [1.807, 2.05) is 0 Å². The number of carbonyl (C=O) groups is 2. The number of pyridine rings is 1. The number of hydrogen-bond donors (Lipinski definition) is 1. The maximum atomic E-state index is 12.4. The Labute approximate surface area is 129 Å². The normalized spacial score (nSPS) is 32.0. The molecule has 5 nitrogen and oxygen atoms in total. The summed E-state index contributed by atoms with van der Waals surface area (Å²) in [6.45, 7) is 6.65. The number of carbonyl (C=O) groups excluding carboxylic acids is 1. The van der Waals surface area contributed by atoms with Gasteiger partial charge in [-0.1, -0.05) is 20.8 Å². The summed E-state index contributed by atoms with van der Waals surface area (Å²) in [4.78, 5) is 27.5. The molecular weight excluding hydrogens is 282 g/mol. The van der Waals surface area contributed by atoms with E-state index < -0.39 is 11.9 Å². The van der Waals surface area contributed by atoms with Crippen molar-refractivity contribution in [3.8, 4) is 0 Å². The minimum atomic E-state index is -1.17. The molecule has 3 rings (SSSR count). The molecule has 1 aromatic rings. The second-order valence-electron chi connectivity index (χ2n) is 7.21. The van der Waals surface area contributed by atoms with Crippen LogP contribution in [0.1, 0.15) is 60.9 Å². The first kappa shape index (κ1) is 15.0. The Balaban J connectivity index is 1.84. The second-order valence-corrected chi connectivity index (χ2v) is 7.21. The van der Waals surface area contributed by atoms with Gasteiger partial charge >= 0.3 is 11.9 Å². The van der Waals surface area contributed by atoms with E-state index in [-0.39, 0.29) is 28.2 Å². The standard InChI is InChI=1S/C17H21NO4/c1-16(2)10-6-7-17(16,3)12(9-10)22-15(21)13-11(14(19)20)5-4-8-18-13/h4-5,8,10,12H,6-7,9H2,1-3H3,(H,19,20). The van der Waals surface area contributed by atoms with Gasteiger partial charge in [-0.2, -0.15) is 0 Å². The first-order valence-electron chi connectivity index (χ1n) is 7.66. The quantitative estimate of drug-likeness (QED) is 0.868. The predicted octanol–water partition coefficient (Wildman–Crippen LogP) is 3.15. The zero-order chi connectivity index (χ0) is 16.1. The highest BCUT2D eigenvalue weighted by Crippen LogP contribution is 2.66. The van der Waals surface area contributed by atoms with Gasteiger partial charge in [0.1, 0.15) is 6.10 Å². The van der Waals surface area contributed by atoms with Gasteiger partial charge in [0.05, 0.1) is 5.56 Å². The van der Waals surface area contributed by atoms with Crippen LogP contribution in [0, 0.1) is 16.7 Å². The second kappa shape index (κ2) is 4.80. The molecule has 0 saturated heterocycles. The predicted molar refractivity (Wildman–Crippen MR) is 79.6 cm³/mol. The summed E-state index contributed by atoms with van der Waals surface area (Å²) in [6.07, 6.45) is 4.30. The smallest absolute Gasteiger partial charge is 0.358 e. The molecule has 118 valence electrons. The Morgan fingerprint density at radius 3 is 2.64 bits per heavy atom. The fourth-order valence-electron chi connectivity index (χ4n) is 4.23. The zero-order valence-corrected chi connectivity index (χ0v) is 13.1. The molecule has 0 amide bonds. The highest BCUT2D eigenvalue weighted by atomic mass is 16.5. The van der Waals surface area contributed by atoms with E-state index >= 15 is 0 Å². The summed E-state index contributed by atoms with van der Waals surface area (Å²) in [5.41, 5.74) is -0.136. The van der Waals surface area contributed by atoms with Gasteiger partial charge in [0.15, 0.2) is 5.69 Å². The number of aromatic carboxylic acids is 1. The molecule has 3 atom stereocenters. The van der Waals surface area contributed by atoms with E-state index in [2.05, 4.69) is 25.8 Å². The van der Waals surface area contributed by atoms with Gasteiger partial charge in [-0.05, 0) is 42.7 Å². The van der Waals surface area contributed by atoms with Crippen LogP contribution in [-0.2, 0) is 4.74 Å². The summed E-state index contributed by atoms with van der Waals surface area (Å²) in [5.74, 6) is -1.25. The van der Waals surface area contributed by atoms with Gasteiger partial charge in [0.25, 0.3) is 0 Å². The largest absolute Gasteiger partial charge is 0.478 e. The Hall–Kier alpha value is -1.91. The molecule has 0 aliphatic heterocycles. The lowest BCUT2D eigenvalue weighted by atomic mass is 9.70. The summed E-state index contributed by atoms with van der Waals surface area (Å²) in [7, 11) is 0. The summed E-state index contributed by atoms with van der Waals surface area (Å²) in [5, 5.41) is 9.17. The maximum absolute atomic E-state index is 12.4. The van der Waals surface area contributed by atoms with Gasteiger partial charge in [-0.3, -0.25) is 0 Å². The number of nitrogens with zero attached hydrogens (tertiary/aromatic N) is 1. The first-order chi connectivity index (χ1) is 10.3. The van der Waals surface area contributed by atoms with Crippen molar-refractivity contribution in [2.75, 3.05) is 0 Å². The van der Waals surface area contributed by atoms with Gasteiger partial charge in [0, 0.05) is 11.6 Å². The van der Waals surface area contributed by atoms with Crippen LogP contribution in [0.15, 0.2) is 18.3 Å². The fraction of sp³-hybridized carbons (Fsp3) is 0.588. The molecule has 3 unspecified atom stereocenters. The monoisotopic (exact) mass is 303 g/mol. The molecular formula is C17H21NO4. The first-order valence-corrected chi connectivity index (χ1v) is 7.66. The van der Waals surface area contributed by atoms with Gasteiger partial charge < -0.3 is 9.84 Å². The third kappa shape index (κ3) is 1.95. The van der Waals surface area contributed by atoms with Crippen molar-refractivity contribution in [2.45, 2.75) is 46.1 Å². The molecule has 2 aliphatic rings. The van der Waals surface area contributed by atoms with E-state index in [0.717, 1.165) is 12.8 Å². The average molecular weight is 303 g/mol. The fourth-order valence-corrected chi connectivity index (χ4v) is 4.23. The lowest BCUT2D eigenvalue weighted by Gasteiger charge is -2.38. The van der Waals surface area contributed by atoms with Crippen LogP contribution in [0.3, 0.4) is 0 Å². The molecule has 0 spiro atoms. The molecule has 22 heavy (non-hydrogen) atoms. The maximum Gasteiger partial charge on any atom is 0.358 e. The molecule has 2 aliphatic carbocycles. The number of ether oxygens (including phenoxy) is 1. The van der Waals surface area contributed by atoms with Gasteiger partial charge in [-0.25, -0.2) is 14.6 Å². The lowest BCUT2D eigenvalue weighted by molar-refractivity contribution is -0.0248. The summed E-state index contributed by atoms with van der Waals surface area (Å²) < 4.78 is 5.70. The number of aromatic nitrogens is 1. The van der Waals surface area contributed by atoms with Gasteiger partial charge in [-0.15, -0.1) is 0 Å². The number of hydrogen-bond acceptors (Lipinski definition) is 4. The molecule has 5 heteroatoms. The zero-order valence-electron chi connectivity index (χ0n) is 13.1. The number of esters is 1. The van der Waals surface area contributed by atoms with Crippen LogP contribution in [-0.4, -0.2) is 28.1 Å². The van der Waals surface area contributed by atoms with Crippen LogP contribution in [0.4, 0.5) is 0 Å². The van der Waals surface area contributed by atoms with E-state index in [0.29, 0.717) is 5.92 Å². The highest BCUT2D eigenvalue weighted by Gasteiger charge is 2.62. The average Bonchev–Trinajstić information content (AvgIpc) is 2.80. The Kier molecular flexibility index (Phi) is 3.27. The molecule has 1 heterocycles. The van der Waals surface area contributed by atoms with Crippen LogP contribution in [0.25, 0.3) is 0 Å². The molecule has 2 fully saturated rings. The van der Waals surface area contributed by atoms with Crippen molar-refractivity contribution in [1.29, 1.82) is 0 Å². The highest BCUT2D eigenvalue weighted by molar-refractivity contribution is 6.00. The van der Waals surface area contributed by atoms with E-state index in [9.17, 15) is 9.59 Å². The summed E-state index contributed by atoms with van der Waals surface area (Å²) >= 11 is 0. The molecule has 1 aromatic heterocycles. The molecule has 0 radical (unpaired) electrons. The van der Waals surface area contributed by atoms with Crippen molar-refractivity contribution in [3.63, 3.8) is 0 Å². The number of carboxylic acids is 1. The van der Waals surface area contributed by atoms with Crippen LogP contribution < -0.4 is 0 Å². The van der Waals surface area contributed by atoms with Crippen molar-refractivity contribution in [2.24, 2.45) is 16.7 Å². The topological polar surface area (TPSA) is 76.5 Å². The minimum absolute atomic E-state index is 0.0501. The van der Waals surface area contributed by atoms with Crippen molar-refractivity contribution in [1.82, 2.24) is 4.98 Å². The van der Waals surface area contributed by atoms with E-state index in [4.69, 9.17) is 9.84 Å². The van der Waals surface area contributed by atoms with Crippen molar-refractivity contribution >= 4 is 11.9 Å². The summed E-state index contributed by atoms with van der Waals surface area (Å²) in [6, 6.07) is 2.88. The Bertz CT molecular complexity index is 639. The molecule has 1 N–H and O–H groups in total.